The second kappa shape index (κ2) is 10.9. The van der Waals surface area contributed by atoms with Gasteiger partial charge in [-0.1, -0.05) is 24.3 Å². The van der Waals surface area contributed by atoms with E-state index in [-0.39, 0.29) is 5.91 Å². The summed E-state index contributed by atoms with van der Waals surface area (Å²) in [6.45, 7) is 1.67. The number of thioether (sulfide) groups is 1. The summed E-state index contributed by atoms with van der Waals surface area (Å²) in [5.41, 5.74) is 1.42. The minimum atomic E-state index is -0.666. The van der Waals surface area contributed by atoms with Crippen molar-refractivity contribution in [3.8, 4) is 0 Å². The number of hydrogen-bond acceptors (Lipinski definition) is 7. The smallest absolute Gasteiger partial charge is 0.328 e. The van der Waals surface area contributed by atoms with E-state index in [1.807, 2.05) is 42.7 Å². The van der Waals surface area contributed by atoms with E-state index < -0.39 is 12.0 Å². The van der Waals surface area contributed by atoms with Crippen LogP contribution in [0.2, 0.25) is 0 Å². The Hall–Kier alpha value is -1.90. The third-order valence-electron chi connectivity index (χ3n) is 5.26. The molecule has 3 N–H and O–H groups in total. The average molecular weight is 448 g/mol. The quantitative estimate of drug-likeness (QED) is 0.350. The van der Waals surface area contributed by atoms with Crippen molar-refractivity contribution in [2.45, 2.75) is 30.2 Å². The molecule has 3 atom stereocenters. The minimum absolute atomic E-state index is 0.277. The molecule has 30 heavy (non-hydrogen) atoms. The molecule has 8 heteroatoms. The number of rotatable bonds is 9. The molecule has 1 aliphatic rings. The zero-order valence-corrected chi connectivity index (χ0v) is 19.0. The van der Waals surface area contributed by atoms with Gasteiger partial charge in [-0.2, -0.15) is 24.4 Å². The van der Waals surface area contributed by atoms with E-state index in [9.17, 15) is 9.59 Å². The van der Waals surface area contributed by atoms with Crippen LogP contribution in [-0.4, -0.2) is 61.4 Å². The molecule has 1 saturated heterocycles. The van der Waals surface area contributed by atoms with Gasteiger partial charge in [0.05, 0.1) is 7.11 Å². The number of ether oxygens (including phenoxy) is 1. The first-order chi connectivity index (χ1) is 14.5. The molecular formula is C22H29N3O3S2. The Balaban J connectivity index is 1.81. The maximum Gasteiger partial charge on any atom is 0.328 e. The van der Waals surface area contributed by atoms with Crippen molar-refractivity contribution >= 4 is 52.7 Å². The summed E-state index contributed by atoms with van der Waals surface area (Å²) in [4.78, 5) is 25.3. The summed E-state index contributed by atoms with van der Waals surface area (Å²) in [6.07, 6.45) is 3.49. The largest absolute Gasteiger partial charge is 0.467 e. The number of esters is 1. The van der Waals surface area contributed by atoms with Gasteiger partial charge in [-0.3, -0.25) is 4.79 Å². The highest BCUT2D eigenvalue weighted by Gasteiger charge is 2.24. The maximum atomic E-state index is 13.1. The molecule has 162 valence electrons. The molecular weight excluding hydrogens is 418 g/mol. The minimum Gasteiger partial charge on any atom is -0.467 e. The molecule has 1 aliphatic heterocycles. The summed E-state index contributed by atoms with van der Waals surface area (Å²) in [7, 11) is 1.34. The van der Waals surface area contributed by atoms with Crippen molar-refractivity contribution in [1.29, 1.82) is 0 Å². The van der Waals surface area contributed by atoms with Crippen LogP contribution in [0.15, 0.2) is 36.4 Å². The zero-order valence-electron chi connectivity index (χ0n) is 17.3. The Morgan fingerprint density at radius 1 is 1.33 bits per heavy atom. The van der Waals surface area contributed by atoms with E-state index in [2.05, 4.69) is 28.6 Å². The van der Waals surface area contributed by atoms with E-state index in [0.29, 0.717) is 23.3 Å². The molecule has 0 spiro atoms. The standard InChI is InChI=1S/C22H29N3O3S2/c1-28-22(27)20(7-8-30-2)25-21(26)19-11-15(9-14-5-3-4-6-18(14)19)23-12-16-10-17(29)13-24-16/h3-6,9,11,16-17,20,23-24,29H,7-8,10,12-13H2,1-2H3,(H,25,26). The number of methoxy groups -OCH3 is 1. The van der Waals surface area contributed by atoms with E-state index in [0.717, 1.165) is 41.7 Å². The SMILES string of the molecule is COC(=O)C(CCSC)NC(=O)c1cc(NCC2CC(S)CN2)cc2ccccc12. The van der Waals surface area contributed by atoms with Crippen molar-refractivity contribution in [2.24, 2.45) is 0 Å². The van der Waals surface area contributed by atoms with E-state index in [1.165, 1.54) is 7.11 Å². The Morgan fingerprint density at radius 2 is 2.13 bits per heavy atom. The molecule has 6 nitrogen and oxygen atoms in total. The van der Waals surface area contributed by atoms with Crippen LogP contribution < -0.4 is 16.0 Å². The molecule has 0 aromatic heterocycles. The fourth-order valence-electron chi connectivity index (χ4n) is 3.66. The van der Waals surface area contributed by atoms with Crippen LogP contribution in [0.3, 0.4) is 0 Å². The van der Waals surface area contributed by atoms with Crippen LogP contribution in [0.5, 0.6) is 0 Å². The van der Waals surface area contributed by atoms with Gasteiger partial charge >= 0.3 is 5.97 Å². The summed E-state index contributed by atoms with van der Waals surface area (Å²) in [6, 6.07) is 11.4. The Labute approximate surface area is 187 Å². The number of amides is 1. The van der Waals surface area contributed by atoms with Gasteiger partial charge in [0.2, 0.25) is 0 Å². The Bertz CT molecular complexity index is 893. The van der Waals surface area contributed by atoms with Crippen molar-refractivity contribution in [3.63, 3.8) is 0 Å². The van der Waals surface area contributed by atoms with Crippen LogP contribution in [0.25, 0.3) is 10.8 Å². The molecule has 2 aromatic rings. The lowest BCUT2D eigenvalue weighted by atomic mass is 10.0. The highest BCUT2D eigenvalue weighted by molar-refractivity contribution is 7.98. The van der Waals surface area contributed by atoms with Gasteiger partial charge < -0.3 is 20.7 Å². The monoisotopic (exact) mass is 447 g/mol. The third kappa shape index (κ3) is 5.83. The molecule has 1 amide bonds. The predicted octanol–water partition coefficient (Wildman–Crippen LogP) is 2.94. The van der Waals surface area contributed by atoms with Gasteiger partial charge in [0.1, 0.15) is 6.04 Å². The van der Waals surface area contributed by atoms with Crippen molar-refractivity contribution in [2.75, 3.05) is 37.5 Å². The lowest BCUT2D eigenvalue weighted by Gasteiger charge is -2.18. The number of carbonyl (C=O) groups is 2. The predicted molar refractivity (Wildman–Crippen MR) is 128 cm³/mol. The third-order valence-corrected chi connectivity index (χ3v) is 6.30. The van der Waals surface area contributed by atoms with Crippen molar-refractivity contribution in [1.82, 2.24) is 10.6 Å². The number of fused-ring (bicyclic) bond motifs is 1. The zero-order chi connectivity index (χ0) is 21.5. The second-order valence-corrected chi connectivity index (χ2v) is 9.17. The van der Waals surface area contributed by atoms with Crippen molar-refractivity contribution in [3.05, 3.63) is 42.0 Å². The number of hydrogen-bond donors (Lipinski definition) is 4. The summed E-state index contributed by atoms with van der Waals surface area (Å²) < 4.78 is 4.87. The number of benzene rings is 2. The van der Waals surface area contributed by atoms with Crippen LogP contribution in [0, 0.1) is 0 Å². The first kappa shape index (κ1) is 22.8. The van der Waals surface area contributed by atoms with Crippen LogP contribution >= 0.6 is 24.4 Å². The number of nitrogens with one attached hydrogen (secondary N) is 3. The topological polar surface area (TPSA) is 79.5 Å². The molecule has 3 rings (SSSR count). The van der Waals surface area contributed by atoms with Crippen molar-refractivity contribution < 1.29 is 14.3 Å². The lowest BCUT2D eigenvalue weighted by Crippen LogP contribution is -2.42. The van der Waals surface area contributed by atoms with Gasteiger partial charge in [-0.25, -0.2) is 4.79 Å². The Kier molecular flexibility index (Phi) is 8.30. The highest BCUT2D eigenvalue weighted by Crippen LogP contribution is 2.25. The fourth-order valence-corrected chi connectivity index (χ4v) is 4.49. The van der Waals surface area contributed by atoms with Crippen LogP contribution in [-0.2, 0) is 9.53 Å². The van der Waals surface area contributed by atoms with Crippen LogP contribution in [0.1, 0.15) is 23.2 Å². The highest BCUT2D eigenvalue weighted by atomic mass is 32.2. The normalized spacial score (nSPS) is 19.4. The van der Waals surface area contributed by atoms with E-state index >= 15 is 0 Å². The molecule has 0 radical (unpaired) electrons. The maximum absolute atomic E-state index is 13.1. The molecule has 2 aromatic carbocycles. The summed E-state index contributed by atoms with van der Waals surface area (Å²) >= 11 is 6.15. The first-order valence-corrected chi connectivity index (χ1v) is 12.0. The lowest BCUT2D eigenvalue weighted by molar-refractivity contribution is -0.142. The van der Waals surface area contributed by atoms with E-state index in [1.54, 1.807) is 11.8 Å². The molecule has 0 saturated carbocycles. The second-order valence-electron chi connectivity index (χ2n) is 7.45. The molecule has 3 unspecified atom stereocenters. The Morgan fingerprint density at radius 3 is 2.83 bits per heavy atom. The number of carbonyl (C=O) groups excluding carboxylic acids is 2. The molecule has 1 fully saturated rings. The van der Waals surface area contributed by atoms with E-state index in [4.69, 9.17) is 4.74 Å². The summed E-state index contributed by atoms with van der Waals surface area (Å²) in [5, 5.41) is 12.0. The number of thiol groups is 1. The number of anilines is 1. The first-order valence-electron chi connectivity index (χ1n) is 10.1. The van der Waals surface area contributed by atoms with Crippen LogP contribution in [0.4, 0.5) is 5.69 Å². The van der Waals surface area contributed by atoms with Gasteiger partial charge in [0, 0.05) is 35.6 Å². The summed E-state index contributed by atoms with van der Waals surface area (Å²) in [5.74, 6) is 0.0495. The van der Waals surface area contributed by atoms with Gasteiger partial charge in [-0.15, -0.1) is 0 Å². The molecule has 0 aliphatic carbocycles. The average Bonchev–Trinajstić information content (AvgIpc) is 3.18. The fraction of sp³-hybridized carbons (Fsp3) is 0.455. The van der Waals surface area contributed by atoms with Gasteiger partial charge in [0.15, 0.2) is 0 Å². The van der Waals surface area contributed by atoms with Gasteiger partial charge in [0.25, 0.3) is 5.91 Å². The van der Waals surface area contributed by atoms with Gasteiger partial charge in [-0.05, 0) is 47.8 Å². The molecule has 0 bridgehead atoms. The molecule has 1 heterocycles.